The summed E-state index contributed by atoms with van der Waals surface area (Å²) in [6.45, 7) is 9.79. The Morgan fingerprint density at radius 1 is 1.18 bits per heavy atom. The number of anilines is 1. The average molecular weight is 306 g/mol. The highest BCUT2D eigenvalue weighted by Gasteiger charge is 2.24. The minimum Gasteiger partial charge on any atom is -0.396 e. The molecule has 1 aliphatic rings. The summed E-state index contributed by atoms with van der Waals surface area (Å²) >= 11 is 0. The number of aliphatic hydroxyl groups is 1. The van der Waals surface area contributed by atoms with Gasteiger partial charge >= 0.3 is 0 Å². The Morgan fingerprint density at radius 2 is 1.86 bits per heavy atom. The Morgan fingerprint density at radius 3 is 2.50 bits per heavy atom. The highest BCUT2D eigenvalue weighted by atomic mass is 16.5. The second-order valence-corrected chi connectivity index (χ2v) is 6.20. The zero-order valence-electron chi connectivity index (χ0n) is 14.0. The van der Waals surface area contributed by atoms with E-state index in [0.29, 0.717) is 0 Å². The van der Waals surface area contributed by atoms with Crippen molar-refractivity contribution in [2.45, 2.75) is 33.2 Å². The molecule has 0 amide bonds. The number of hydrogen-bond donors (Lipinski definition) is 2. The van der Waals surface area contributed by atoms with Crippen molar-refractivity contribution in [3.8, 4) is 0 Å². The first kappa shape index (κ1) is 17.3. The predicted molar refractivity (Wildman–Crippen MR) is 91.3 cm³/mol. The summed E-state index contributed by atoms with van der Waals surface area (Å²) in [4.78, 5) is 2.40. The third-order valence-electron chi connectivity index (χ3n) is 4.99. The first-order valence-electron chi connectivity index (χ1n) is 8.47. The van der Waals surface area contributed by atoms with Gasteiger partial charge in [0.25, 0.3) is 0 Å². The van der Waals surface area contributed by atoms with Gasteiger partial charge in [-0.1, -0.05) is 32.0 Å². The molecule has 2 N–H and O–H groups in total. The summed E-state index contributed by atoms with van der Waals surface area (Å²) in [5, 5.41) is 13.2. The van der Waals surface area contributed by atoms with Crippen LogP contribution in [0.25, 0.3) is 0 Å². The molecule has 4 heteroatoms. The van der Waals surface area contributed by atoms with E-state index in [-0.39, 0.29) is 12.0 Å². The van der Waals surface area contributed by atoms with Crippen LogP contribution in [0.15, 0.2) is 24.3 Å². The van der Waals surface area contributed by atoms with Crippen LogP contribution in [0.2, 0.25) is 0 Å². The number of morpholine rings is 1. The van der Waals surface area contributed by atoms with E-state index in [0.717, 1.165) is 52.2 Å². The van der Waals surface area contributed by atoms with Crippen LogP contribution in [0.5, 0.6) is 0 Å². The van der Waals surface area contributed by atoms with E-state index in [1.807, 2.05) is 0 Å². The molecule has 0 aliphatic carbocycles. The molecule has 0 saturated carbocycles. The minimum absolute atomic E-state index is 0.00785. The smallest absolute Gasteiger partial charge is 0.0642 e. The molecule has 22 heavy (non-hydrogen) atoms. The third kappa shape index (κ3) is 4.22. The zero-order valence-corrected chi connectivity index (χ0v) is 14.0. The van der Waals surface area contributed by atoms with Gasteiger partial charge in [-0.15, -0.1) is 0 Å². The molecule has 124 valence electrons. The van der Waals surface area contributed by atoms with Gasteiger partial charge in [0.1, 0.15) is 0 Å². The summed E-state index contributed by atoms with van der Waals surface area (Å²) in [6.07, 6.45) is 2.00. The second-order valence-electron chi connectivity index (χ2n) is 6.20. The number of aliphatic hydroxyl groups excluding tert-OH is 1. The van der Waals surface area contributed by atoms with Crippen molar-refractivity contribution >= 4 is 5.69 Å². The Kier molecular flexibility index (Phi) is 6.68. The normalized spacial score (nSPS) is 16.0. The number of ether oxygens (including phenoxy) is 1. The second kappa shape index (κ2) is 8.51. The molecule has 0 spiro atoms. The average Bonchev–Trinajstić information content (AvgIpc) is 2.60. The Hall–Kier alpha value is -1.10. The number of rotatable bonds is 8. The van der Waals surface area contributed by atoms with E-state index in [2.05, 4.69) is 48.3 Å². The summed E-state index contributed by atoms with van der Waals surface area (Å²) in [5.74, 6) is 0. The minimum atomic E-state index is 0.00785. The predicted octanol–water partition coefficient (Wildman–Crippen LogP) is 2.41. The van der Waals surface area contributed by atoms with Gasteiger partial charge in [0.05, 0.1) is 13.2 Å². The van der Waals surface area contributed by atoms with Crippen LogP contribution in [-0.4, -0.2) is 44.6 Å². The van der Waals surface area contributed by atoms with E-state index >= 15 is 0 Å². The quantitative estimate of drug-likeness (QED) is 0.774. The van der Waals surface area contributed by atoms with Gasteiger partial charge in [-0.25, -0.2) is 0 Å². The van der Waals surface area contributed by atoms with Crippen molar-refractivity contribution in [2.75, 3.05) is 44.4 Å². The van der Waals surface area contributed by atoms with Gasteiger partial charge < -0.3 is 20.1 Å². The monoisotopic (exact) mass is 306 g/mol. The summed E-state index contributed by atoms with van der Waals surface area (Å²) in [7, 11) is 0. The maximum atomic E-state index is 9.67. The van der Waals surface area contributed by atoms with Gasteiger partial charge in [-0.05, 0) is 24.5 Å². The van der Waals surface area contributed by atoms with E-state index in [1.54, 1.807) is 0 Å². The summed E-state index contributed by atoms with van der Waals surface area (Å²) in [5.41, 5.74) is 2.64. The van der Waals surface area contributed by atoms with Crippen molar-refractivity contribution in [3.63, 3.8) is 0 Å². The Balaban J connectivity index is 1.98. The molecular weight excluding hydrogens is 276 g/mol. The lowest BCUT2D eigenvalue weighted by atomic mass is 9.83. The van der Waals surface area contributed by atoms with Crippen molar-refractivity contribution in [3.05, 3.63) is 29.8 Å². The molecule has 0 radical (unpaired) electrons. The molecule has 0 unspecified atom stereocenters. The Labute approximate surface area is 134 Å². The van der Waals surface area contributed by atoms with E-state index in [9.17, 15) is 5.11 Å². The Bertz CT molecular complexity index is 432. The zero-order chi connectivity index (χ0) is 15.8. The van der Waals surface area contributed by atoms with Crippen LogP contribution in [0.4, 0.5) is 5.69 Å². The number of benzene rings is 1. The maximum absolute atomic E-state index is 9.67. The van der Waals surface area contributed by atoms with Crippen LogP contribution < -0.4 is 10.2 Å². The fraction of sp³-hybridized carbons (Fsp3) is 0.667. The highest BCUT2D eigenvalue weighted by Crippen LogP contribution is 2.25. The van der Waals surface area contributed by atoms with Crippen molar-refractivity contribution in [2.24, 2.45) is 5.41 Å². The highest BCUT2D eigenvalue weighted by molar-refractivity contribution is 5.53. The lowest BCUT2D eigenvalue weighted by Crippen LogP contribution is -2.38. The van der Waals surface area contributed by atoms with E-state index in [4.69, 9.17) is 4.74 Å². The van der Waals surface area contributed by atoms with E-state index in [1.165, 1.54) is 11.3 Å². The van der Waals surface area contributed by atoms with Gasteiger partial charge in [0.15, 0.2) is 0 Å². The van der Waals surface area contributed by atoms with Crippen LogP contribution in [-0.2, 0) is 11.3 Å². The van der Waals surface area contributed by atoms with Crippen molar-refractivity contribution in [1.82, 2.24) is 5.32 Å². The van der Waals surface area contributed by atoms with Gasteiger partial charge in [-0.3, -0.25) is 0 Å². The first-order valence-corrected chi connectivity index (χ1v) is 8.47. The van der Waals surface area contributed by atoms with Gasteiger partial charge in [0, 0.05) is 43.9 Å². The molecule has 0 atom stereocenters. The molecule has 1 aromatic rings. The fourth-order valence-electron chi connectivity index (χ4n) is 3.01. The number of hydrogen-bond acceptors (Lipinski definition) is 4. The number of nitrogens with zero attached hydrogens (tertiary/aromatic N) is 1. The molecule has 1 aromatic carbocycles. The lowest BCUT2D eigenvalue weighted by Gasteiger charge is -2.32. The third-order valence-corrected chi connectivity index (χ3v) is 4.99. The molecule has 0 bridgehead atoms. The van der Waals surface area contributed by atoms with Crippen LogP contribution in [0, 0.1) is 5.41 Å². The standard InChI is InChI=1S/C18H30N2O2/c1-3-18(4-2,15-21)14-19-13-16-7-5-6-8-17(16)20-9-11-22-12-10-20/h5-8,19,21H,3-4,9-15H2,1-2H3. The topological polar surface area (TPSA) is 44.7 Å². The molecule has 1 fully saturated rings. The molecule has 1 aliphatic heterocycles. The van der Waals surface area contributed by atoms with Gasteiger partial charge in [-0.2, -0.15) is 0 Å². The summed E-state index contributed by atoms with van der Waals surface area (Å²) < 4.78 is 5.45. The molecule has 2 rings (SSSR count). The first-order chi connectivity index (χ1) is 10.7. The van der Waals surface area contributed by atoms with Crippen LogP contribution >= 0.6 is 0 Å². The fourth-order valence-corrected chi connectivity index (χ4v) is 3.01. The van der Waals surface area contributed by atoms with E-state index < -0.39 is 0 Å². The molecule has 1 saturated heterocycles. The van der Waals surface area contributed by atoms with Gasteiger partial charge in [0.2, 0.25) is 0 Å². The molecule has 0 aromatic heterocycles. The van der Waals surface area contributed by atoms with Crippen LogP contribution in [0.3, 0.4) is 0 Å². The molecular formula is C18H30N2O2. The largest absolute Gasteiger partial charge is 0.396 e. The van der Waals surface area contributed by atoms with Crippen LogP contribution in [0.1, 0.15) is 32.3 Å². The maximum Gasteiger partial charge on any atom is 0.0642 e. The number of nitrogens with one attached hydrogen (secondary N) is 1. The van der Waals surface area contributed by atoms with Crippen molar-refractivity contribution in [1.29, 1.82) is 0 Å². The lowest BCUT2D eigenvalue weighted by molar-refractivity contribution is 0.113. The summed E-state index contributed by atoms with van der Waals surface area (Å²) in [6, 6.07) is 8.59. The molecule has 4 nitrogen and oxygen atoms in total. The number of para-hydroxylation sites is 1. The molecule has 1 heterocycles. The van der Waals surface area contributed by atoms with Crippen molar-refractivity contribution < 1.29 is 9.84 Å². The SMILES string of the molecule is CCC(CC)(CO)CNCc1ccccc1N1CCOCC1.